The van der Waals surface area contributed by atoms with E-state index in [2.05, 4.69) is 19.1 Å². The van der Waals surface area contributed by atoms with Gasteiger partial charge in [-0.25, -0.2) is 9.97 Å². The third-order valence-electron chi connectivity index (χ3n) is 3.82. The molecule has 0 bridgehead atoms. The molecule has 4 heterocycles. The molecule has 4 N–H and O–H groups in total. The second-order valence-corrected chi connectivity index (χ2v) is 5.08. The van der Waals surface area contributed by atoms with Crippen LogP contribution in [0, 0.1) is 0 Å². The molecule has 2 aliphatic heterocycles. The standard InChI is InChI=1S/C7H11N3.C6H9N3/c8-7-9-5-6-3-1-2-4-10(6)7;7-6-8-4-5-2-1-3-9(5)6/h5H,1-4H2,(H2,8,9);4H,1-3H2,(H2,7,8). The molecular weight excluding hydrogens is 240 g/mol. The molecule has 4 rings (SSSR count). The van der Waals surface area contributed by atoms with Crippen molar-refractivity contribution in [1.29, 1.82) is 0 Å². The molecular formula is C13H20N6. The fraction of sp³-hybridized carbons (Fsp3) is 0.538. The highest BCUT2D eigenvalue weighted by atomic mass is 15.2. The van der Waals surface area contributed by atoms with Crippen molar-refractivity contribution in [2.45, 2.75) is 45.2 Å². The molecule has 0 fully saturated rings. The Labute approximate surface area is 112 Å². The van der Waals surface area contributed by atoms with E-state index in [-0.39, 0.29) is 0 Å². The van der Waals surface area contributed by atoms with Crippen LogP contribution < -0.4 is 11.5 Å². The monoisotopic (exact) mass is 260 g/mol. The Morgan fingerprint density at radius 1 is 0.789 bits per heavy atom. The molecule has 2 aromatic rings. The Bertz CT molecular complexity index is 568. The zero-order chi connectivity index (χ0) is 13.2. The Hall–Kier alpha value is -1.98. The third kappa shape index (κ3) is 2.30. The van der Waals surface area contributed by atoms with E-state index in [4.69, 9.17) is 11.5 Å². The van der Waals surface area contributed by atoms with Gasteiger partial charge in [0, 0.05) is 24.5 Å². The number of hydrogen-bond acceptors (Lipinski definition) is 4. The predicted octanol–water partition coefficient (Wildman–Crippen LogP) is 1.21. The number of imidazole rings is 2. The SMILES string of the molecule is Nc1ncc2n1CCC2.Nc1ncc2n1CCCC2. The van der Waals surface area contributed by atoms with Gasteiger partial charge in [0.15, 0.2) is 11.9 Å². The van der Waals surface area contributed by atoms with Gasteiger partial charge in [0.2, 0.25) is 0 Å². The van der Waals surface area contributed by atoms with Crippen molar-refractivity contribution in [3.05, 3.63) is 23.8 Å². The zero-order valence-electron chi connectivity index (χ0n) is 11.0. The first-order valence-electron chi connectivity index (χ1n) is 6.85. The van der Waals surface area contributed by atoms with Crippen LogP contribution in [0.25, 0.3) is 0 Å². The molecule has 0 unspecified atom stereocenters. The molecule has 6 nitrogen and oxygen atoms in total. The fourth-order valence-electron chi connectivity index (χ4n) is 2.76. The number of nitrogens with zero attached hydrogens (tertiary/aromatic N) is 4. The molecule has 19 heavy (non-hydrogen) atoms. The van der Waals surface area contributed by atoms with Gasteiger partial charge < -0.3 is 20.6 Å². The van der Waals surface area contributed by atoms with Crippen LogP contribution in [0.5, 0.6) is 0 Å². The summed E-state index contributed by atoms with van der Waals surface area (Å²) in [6, 6.07) is 0. The van der Waals surface area contributed by atoms with Crippen LogP contribution >= 0.6 is 0 Å². The summed E-state index contributed by atoms with van der Waals surface area (Å²) < 4.78 is 4.17. The topological polar surface area (TPSA) is 87.7 Å². The maximum absolute atomic E-state index is 5.61. The van der Waals surface area contributed by atoms with Gasteiger partial charge in [-0.3, -0.25) is 0 Å². The number of nitrogens with two attached hydrogens (primary N) is 2. The maximum Gasteiger partial charge on any atom is 0.200 e. The molecule has 0 saturated heterocycles. The van der Waals surface area contributed by atoms with Crippen LogP contribution in [0.15, 0.2) is 12.4 Å². The van der Waals surface area contributed by atoms with Gasteiger partial charge in [-0.05, 0) is 32.1 Å². The van der Waals surface area contributed by atoms with E-state index in [0.29, 0.717) is 11.9 Å². The van der Waals surface area contributed by atoms with Crippen molar-refractivity contribution in [1.82, 2.24) is 19.1 Å². The normalized spacial score (nSPS) is 16.4. The van der Waals surface area contributed by atoms with Crippen LogP contribution in [0.1, 0.15) is 30.7 Å². The first-order valence-corrected chi connectivity index (χ1v) is 6.85. The van der Waals surface area contributed by atoms with E-state index in [1.54, 1.807) is 0 Å². The summed E-state index contributed by atoms with van der Waals surface area (Å²) in [5.74, 6) is 1.34. The van der Waals surface area contributed by atoms with Crippen LogP contribution in [-0.4, -0.2) is 19.1 Å². The second kappa shape index (κ2) is 4.95. The highest BCUT2D eigenvalue weighted by Crippen LogP contribution is 2.17. The molecule has 0 radical (unpaired) electrons. The molecule has 2 aliphatic rings. The van der Waals surface area contributed by atoms with E-state index in [9.17, 15) is 0 Å². The van der Waals surface area contributed by atoms with E-state index in [1.807, 2.05) is 12.4 Å². The Balaban J connectivity index is 0.000000117. The summed E-state index contributed by atoms with van der Waals surface area (Å²) in [5, 5.41) is 0. The summed E-state index contributed by atoms with van der Waals surface area (Å²) >= 11 is 0. The lowest BCUT2D eigenvalue weighted by molar-refractivity contribution is 0.538. The third-order valence-corrected chi connectivity index (χ3v) is 3.82. The summed E-state index contributed by atoms with van der Waals surface area (Å²) in [6.45, 7) is 2.11. The summed E-state index contributed by atoms with van der Waals surface area (Å²) in [4.78, 5) is 8.02. The Morgan fingerprint density at radius 2 is 1.32 bits per heavy atom. The van der Waals surface area contributed by atoms with E-state index in [1.165, 1.54) is 30.7 Å². The van der Waals surface area contributed by atoms with Crippen LogP contribution in [0.2, 0.25) is 0 Å². The highest BCUT2D eigenvalue weighted by molar-refractivity contribution is 5.24. The maximum atomic E-state index is 5.61. The van der Waals surface area contributed by atoms with Gasteiger partial charge in [0.25, 0.3) is 0 Å². The molecule has 102 valence electrons. The largest absolute Gasteiger partial charge is 0.369 e. The number of nitrogen functional groups attached to an aromatic ring is 2. The lowest BCUT2D eigenvalue weighted by atomic mass is 10.1. The number of anilines is 2. The van der Waals surface area contributed by atoms with Gasteiger partial charge in [0.05, 0.1) is 12.4 Å². The average Bonchev–Trinajstić information content (AvgIpc) is 3.11. The van der Waals surface area contributed by atoms with Crippen LogP contribution in [0.3, 0.4) is 0 Å². The van der Waals surface area contributed by atoms with Crippen molar-refractivity contribution in [3.63, 3.8) is 0 Å². The first-order chi connectivity index (χ1) is 9.25. The Morgan fingerprint density at radius 3 is 1.89 bits per heavy atom. The van der Waals surface area contributed by atoms with Crippen molar-refractivity contribution in [2.24, 2.45) is 0 Å². The molecule has 2 aromatic heterocycles. The molecule has 6 heteroatoms. The number of aromatic nitrogens is 4. The highest BCUT2D eigenvalue weighted by Gasteiger charge is 2.12. The number of rotatable bonds is 0. The van der Waals surface area contributed by atoms with Crippen LogP contribution in [-0.2, 0) is 25.9 Å². The minimum absolute atomic E-state index is 0.669. The second-order valence-electron chi connectivity index (χ2n) is 5.08. The number of hydrogen-bond donors (Lipinski definition) is 2. The zero-order valence-corrected chi connectivity index (χ0v) is 11.0. The van der Waals surface area contributed by atoms with E-state index < -0.39 is 0 Å². The van der Waals surface area contributed by atoms with Crippen molar-refractivity contribution in [3.8, 4) is 0 Å². The summed E-state index contributed by atoms with van der Waals surface area (Å²) in [5.41, 5.74) is 13.7. The number of aryl methyl sites for hydroxylation is 2. The first kappa shape index (κ1) is 12.1. The van der Waals surface area contributed by atoms with Gasteiger partial charge in [-0.2, -0.15) is 0 Å². The molecule has 0 aliphatic carbocycles. The van der Waals surface area contributed by atoms with Crippen molar-refractivity contribution in [2.75, 3.05) is 11.5 Å². The average molecular weight is 260 g/mol. The predicted molar refractivity (Wildman–Crippen MR) is 74.5 cm³/mol. The minimum atomic E-state index is 0.669. The molecule has 0 atom stereocenters. The van der Waals surface area contributed by atoms with Gasteiger partial charge in [-0.15, -0.1) is 0 Å². The van der Waals surface area contributed by atoms with Crippen molar-refractivity contribution >= 4 is 11.9 Å². The molecule has 0 amide bonds. The quantitative estimate of drug-likeness (QED) is 0.745. The summed E-state index contributed by atoms with van der Waals surface area (Å²) in [6.07, 6.45) is 9.78. The van der Waals surface area contributed by atoms with E-state index in [0.717, 1.165) is 25.9 Å². The minimum Gasteiger partial charge on any atom is -0.369 e. The van der Waals surface area contributed by atoms with Crippen LogP contribution in [0.4, 0.5) is 11.9 Å². The fourth-order valence-corrected chi connectivity index (χ4v) is 2.76. The lowest BCUT2D eigenvalue weighted by Crippen LogP contribution is -2.11. The number of fused-ring (bicyclic) bond motifs is 2. The van der Waals surface area contributed by atoms with Gasteiger partial charge >= 0.3 is 0 Å². The van der Waals surface area contributed by atoms with Gasteiger partial charge in [0.1, 0.15) is 0 Å². The molecule has 0 spiro atoms. The van der Waals surface area contributed by atoms with E-state index >= 15 is 0 Å². The lowest BCUT2D eigenvalue weighted by Gasteiger charge is -2.14. The summed E-state index contributed by atoms with van der Waals surface area (Å²) in [7, 11) is 0. The molecule has 0 aromatic carbocycles. The Kier molecular flexibility index (Phi) is 3.15. The van der Waals surface area contributed by atoms with Crippen molar-refractivity contribution < 1.29 is 0 Å². The van der Waals surface area contributed by atoms with Gasteiger partial charge in [-0.1, -0.05) is 0 Å². The molecule has 0 saturated carbocycles. The smallest absolute Gasteiger partial charge is 0.200 e.